The molecular formula is C14H18O5. The number of aliphatic hydroxyl groups is 1. The lowest BCUT2D eigenvalue weighted by Gasteiger charge is -2.10. The summed E-state index contributed by atoms with van der Waals surface area (Å²) in [6.07, 6.45) is 2.89. The Bertz CT molecular complexity index is 439. The summed E-state index contributed by atoms with van der Waals surface area (Å²) in [5.41, 5.74) is 0.685. The van der Waals surface area contributed by atoms with Gasteiger partial charge in [-0.3, -0.25) is 0 Å². The summed E-state index contributed by atoms with van der Waals surface area (Å²) >= 11 is 0. The summed E-state index contributed by atoms with van der Waals surface area (Å²) in [6.45, 7) is 2.55. The SMILES string of the molecule is CCOc1ccc(OCCO)c(/C=C/C(=O)OC)c1. The number of carbonyl (C=O) groups is 1. The first-order valence-electron chi connectivity index (χ1n) is 5.97. The molecule has 0 atom stereocenters. The number of carbonyl (C=O) groups excluding carboxylic acids is 1. The van der Waals surface area contributed by atoms with Gasteiger partial charge >= 0.3 is 5.97 Å². The van der Waals surface area contributed by atoms with Crippen molar-refractivity contribution in [1.82, 2.24) is 0 Å². The maximum atomic E-state index is 11.1. The van der Waals surface area contributed by atoms with Crippen LogP contribution in [-0.4, -0.2) is 38.0 Å². The fourth-order valence-electron chi connectivity index (χ4n) is 1.43. The third-order valence-corrected chi connectivity index (χ3v) is 2.24. The highest BCUT2D eigenvalue weighted by Gasteiger charge is 2.04. The summed E-state index contributed by atoms with van der Waals surface area (Å²) in [5, 5.41) is 8.77. The lowest BCUT2D eigenvalue weighted by molar-refractivity contribution is -0.134. The first-order valence-corrected chi connectivity index (χ1v) is 5.97. The van der Waals surface area contributed by atoms with Crippen LogP contribution in [0.2, 0.25) is 0 Å². The average molecular weight is 266 g/mol. The van der Waals surface area contributed by atoms with Gasteiger partial charge in [-0.15, -0.1) is 0 Å². The first kappa shape index (κ1) is 15.0. The zero-order chi connectivity index (χ0) is 14.1. The van der Waals surface area contributed by atoms with E-state index in [9.17, 15) is 4.79 Å². The van der Waals surface area contributed by atoms with Gasteiger partial charge in [-0.25, -0.2) is 4.79 Å². The highest BCUT2D eigenvalue weighted by Crippen LogP contribution is 2.25. The maximum Gasteiger partial charge on any atom is 0.330 e. The van der Waals surface area contributed by atoms with E-state index in [2.05, 4.69) is 4.74 Å². The Morgan fingerprint density at radius 3 is 2.79 bits per heavy atom. The van der Waals surface area contributed by atoms with Gasteiger partial charge in [0.1, 0.15) is 18.1 Å². The van der Waals surface area contributed by atoms with Gasteiger partial charge in [0.15, 0.2) is 0 Å². The normalized spacial score (nSPS) is 10.5. The molecular weight excluding hydrogens is 248 g/mol. The molecule has 5 nitrogen and oxygen atoms in total. The molecule has 1 aromatic carbocycles. The maximum absolute atomic E-state index is 11.1. The van der Waals surface area contributed by atoms with Crippen molar-refractivity contribution in [2.24, 2.45) is 0 Å². The molecule has 0 fully saturated rings. The van der Waals surface area contributed by atoms with Crippen molar-refractivity contribution in [2.45, 2.75) is 6.92 Å². The minimum absolute atomic E-state index is 0.0760. The Kier molecular flexibility index (Phi) is 6.46. The largest absolute Gasteiger partial charge is 0.494 e. The van der Waals surface area contributed by atoms with Crippen molar-refractivity contribution in [1.29, 1.82) is 0 Å². The first-order chi connectivity index (χ1) is 9.21. The molecule has 5 heteroatoms. The fraction of sp³-hybridized carbons (Fsp3) is 0.357. The molecule has 0 unspecified atom stereocenters. The van der Waals surface area contributed by atoms with E-state index in [4.69, 9.17) is 14.6 Å². The second-order valence-electron chi connectivity index (χ2n) is 3.56. The topological polar surface area (TPSA) is 65.0 Å². The Morgan fingerprint density at radius 1 is 1.37 bits per heavy atom. The van der Waals surface area contributed by atoms with Crippen molar-refractivity contribution in [3.05, 3.63) is 29.8 Å². The van der Waals surface area contributed by atoms with Gasteiger partial charge in [-0.1, -0.05) is 0 Å². The molecule has 0 spiro atoms. The molecule has 0 aliphatic rings. The van der Waals surface area contributed by atoms with Crippen molar-refractivity contribution in [3.8, 4) is 11.5 Å². The summed E-state index contributed by atoms with van der Waals surface area (Å²) in [7, 11) is 1.31. The molecule has 0 saturated carbocycles. The highest BCUT2D eigenvalue weighted by molar-refractivity contribution is 5.87. The van der Waals surface area contributed by atoms with Gasteiger partial charge < -0.3 is 19.3 Å². The van der Waals surface area contributed by atoms with Crippen LogP contribution < -0.4 is 9.47 Å². The third kappa shape index (κ3) is 5.01. The second-order valence-corrected chi connectivity index (χ2v) is 3.56. The quantitative estimate of drug-likeness (QED) is 0.600. The zero-order valence-electron chi connectivity index (χ0n) is 11.1. The lowest BCUT2D eigenvalue weighted by atomic mass is 10.1. The van der Waals surface area contributed by atoms with Gasteiger partial charge in [0.2, 0.25) is 0 Å². The van der Waals surface area contributed by atoms with Crippen molar-refractivity contribution >= 4 is 12.0 Å². The predicted octanol–water partition coefficient (Wildman–Crippen LogP) is 1.64. The molecule has 0 saturated heterocycles. The van der Waals surface area contributed by atoms with Gasteiger partial charge in [-0.05, 0) is 31.2 Å². The zero-order valence-corrected chi connectivity index (χ0v) is 11.1. The van der Waals surface area contributed by atoms with Crippen LogP contribution in [0.3, 0.4) is 0 Å². The van der Waals surface area contributed by atoms with Crippen LogP contribution in [0.5, 0.6) is 11.5 Å². The summed E-state index contributed by atoms with van der Waals surface area (Å²) in [5.74, 6) is 0.802. The van der Waals surface area contributed by atoms with Crippen molar-refractivity contribution in [2.75, 3.05) is 26.9 Å². The van der Waals surface area contributed by atoms with Crippen LogP contribution in [0.25, 0.3) is 6.08 Å². The monoisotopic (exact) mass is 266 g/mol. The standard InChI is InChI=1S/C14H18O5/c1-3-18-12-5-6-13(19-9-8-15)11(10-12)4-7-14(16)17-2/h4-7,10,15H,3,8-9H2,1-2H3/b7-4+. The molecule has 0 heterocycles. The molecule has 19 heavy (non-hydrogen) atoms. The second kappa shape index (κ2) is 8.16. The molecule has 0 amide bonds. The minimum Gasteiger partial charge on any atom is -0.494 e. The Hall–Kier alpha value is -2.01. The molecule has 0 aliphatic carbocycles. The summed E-state index contributed by atoms with van der Waals surface area (Å²) in [4.78, 5) is 11.1. The van der Waals surface area contributed by atoms with Crippen LogP contribution >= 0.6 is 0 Å². The molecule has 1 rings (SSSR count). The molecule has 0 radical (unpaired) electrons. The van der Waals surface area contributed by atoms with Gasteiger partial charge in [-0.2, -0.15) is 0 Å². The Morgan fingerprint density at radius 2 is 2.16 bits per heavy atom. The number of benzene rings is 1. The molecule has 104 valence electrons. The number of rotatable bonds is 7. The van der Waals surface area contributed by atoms with E-state index in [0.717, 1.165) is 0 Å². The lowest BCUT2D eigenvalue weighted by Crippen LogP contribution is -2.03. The van der Waals surface area contributed by atoms with E-state index in [1.54, 1.807) is 24.3 Å². The smallest absolute Gasteiger partial charge is 0.330 e. The molecule has 0 bridgehead atoms. The molecule has 0 aromatic heterocycles. The van der Waals surface area contributed by atoms with E-state index < -0.39 is 5.97 Å². The third-order valence-electron chi connectivity index (χ3n) is 2.24. The van der Waals surface area contributed by atoms with Gasteiger partial charge in [0.05, 0.1) is 20.3 Å². The van der Waals surface area contributed by atoms with E-state index in [1.807, 2.05) is 6.92 Å². The average Bonchev–Trinajstić information content (AvgIpc) is 2.44. The van der Waals surface area contributed by atoms with E-state index in [1.165, 1.54) is 13.2 Å². The Balaban J connectivity index is 2.96. The van der Waals surface area contributed by atoms with E-state index >= 15 is 0 Å². The number of methoxy groups -OCH3 is 1. The van der Waals surface area contributed by atoms with Crippen molar-refractivity contribution in [3.63, 3.8) is 0 Å². The minimum atomic E-state index is -0.449. The van der Waals surface area contributed by atoms with Crippen LogP contribution in [0.15, 0.2) is 24.3 Å². The molecule has 0 aliphatic heterocycles. The highest BCUT2D eigenvalue weighted by atomic mass is 16.5. The van der Waals surface area contributed by atoms with Crippen LogP contribution in [0, 0.1) is 0 Å². The van der Waals surface area contributed by atoms with Gasteiger partial charge in [0.25, 0.3) is 0 Å². The summed E-state index contributed by atoms with van der Waals surface area (Å²) in [6, 6.07) is 5.26. The number of aliphatic hydroxyl groups excluding tert-OH is 1. The fourth-order valence-corrected chi connectivity index (χ4v) is 1.43. The van der Waals surface area contributed by atoms with Crippen molar-refractivity contribution < 1.29 is 24.1 Å². The van der Waals surface area contributed by atoms with E-state index in [0.29, 0.717) is 23.7 Å². The number of esters is 1. The molecule has 1 N–H and O–H groups in total. The van der Waals surface area contributed by atoms with Crippen LogP contribution in [0.4, 0.5) is 0 Å². The van der Waals surface area contributed by atoms with Gasteiger partial charge in [0, 0.05) is 11.6 Å². The Labute approximate surface area is 112 Å². The van der Waals surface area contributed by atoms with Crippen LogP contribution in [0.1, 0.15) is 12.5 Å². The summed E-state index contributed by atoms with van der Waals surface area (Å²) < 4.78 is 15.3. The predicted molar refractivity (Wildman–Crippen MR) is 71.2 cm³/mol. The molecule has 1 aromatic rings. The number of hydrogen-bond acceptors (Lipinski definition) is 5. The van der Waals surface area contributed by atoms with E-state index in [-0.39, 0.29) is 13.2 Å². The number of hydrogen-bond donors (Lipinski definition) is 1. The van der Waals surface area contributed by atoms with Crippen LogP contribution in [-0.2, 0) is 9.53 Å². The number of ether oxygens (including phenoxy) is 3.